The highest BCUT2D eigenvalue weighted by Gasteiger charge is 2.18. The zero-order chi connectivity index (χ0) is 20.6. The number of rotatable bonds is 8. The molecule has 0 radical (unpaired) electrons. The molecule has 1 atom stereocenters. The Morgan fingerprint density at radius 3 is 2.28 bits per heavy atom. The molecular formula is C21H20FN3O3S. The molecule has 4 N–H and O–H groups in total. The predicted molar refractivity (Wildman–Crippen MR) is 109 cm³/mol. The van der Waals surface area contributed by atoms with E-state index in [1.165, 1.54) is 23.5 Å². The summed E-state index contributed by atoms with van der Waals surface area (Å²) in [6, 6.07) is 15.5. The van der Waals surface area contributed by atoms with E-state index in [0.29, 0.717) is 18.0 Å². The number of carbonyl (C=O) groups is 2. The molecule has 0 saturated carbocycles. The van der Waals surface area contributed by atoms with Crippen molar-refractivity contribution in [1.82, 2.24) is 10.6 Å². The molecule has 1 heterocycles. The number of ether oxygens (including phenoxy) is 1. The average molecular weight is 413 g/mol. The van der Waals surface area contributed by atoms with Crippen LogP contribution in [0.3, 0.4) is 0 Å². The van der Waals surface area contributed by atoms with Crippen LogP contribution in [0.25, 0.3) is 0 Å². The van der Waals surface area contributed by atoms with Gasteiger partial charge in [0.05, 0.1) is 12.5 Å². The van der Waals surface area contributed by atoms with E-state index in [1.807, 2.05) is 29.6 Å². The van der Waals surface area contributed by atoms with Crippen LogP contribution in [0.5, 0.6) is 11.5 Å². The summed E-state index contributed by atoms with van der Waals surface area (Å²) < 4.78 is 18.6. The van der Waals surface area contributed by atoms with E-state index in [0.717, 1.165) is 10.4 Å². The fourth-order valence-corrected chi connectivity index (χ4v) is 3.43. The number of halogens is 1. The van der Waals surface area contributed by atoms with Crippen LogP contribution in [-0.2, 0) is 11.3 Å². The number of thiophene rings is 1. The standard InChI is InChI=1S/C21H20FN3O3S/c22-15-5-9-17(10-6-15)28-16-7-3-14(4-8-16)13-24-20(26)12-18(25-21(23)27)19-2-1-11-29-19/h1-11,18H,12-13H2,(H,24,26)(H3,23,25,27). The molecule has 0 fully saturated rings. The van der Waals surface area contributed by atoms with E-state index >= 15 is 0 Å². The van der Waals surface area contributed by atoms with Gasteiger partial charge in [-0.15, -0.1) is 11.3 Å². The van der Waals surface area contributed by atoms with Crippen LogP contribution in [0, 0.1) is 5.82 Å². The van der Waals surface area contributed by atoms with Gasteiger partial charge in [-0.25, -0.2) is 9.18 Å². The Balaban J connectivity index is 1.51. The minimum absolute atomic E-state index is 0.0925. The lowest BCUT2D eigenvalue weighted by Gasteiger charge is -2.16. The highest BCUT2D eigenvalue weighted by atomic mass is 32.1. The van der Waals surface area contributed by atoms with Crippen LogP contribution in [0.2, 0.25) is 0 Å². The highest BCUT2D eigenvalue weighted by molar-refractivity contribution is 7.10. The zero-order valence-electron chi connectivity index (χ0n) is 15.4. The molecule has 3 rings (SSSR count). The Labute approximate surface area is 171 Å². The minimum Gasteiger partial charge on any atom is -0.457 e. The van der Waals surface area contributed by atoms with Gasteiger partial charge in [-0.1, -0.05) is 18.2 Å². The van der Waals surface area contributed by atoms with E-state index < -0.39 is 12.1 Å². The molecule has 29 heavy (non-hydrogen) atoms. The Morgan fingerprint density at radius 2 is 1.69 bits per heavy atom. The maximum atomic E-state index is 12.9. The van der Waals surface area contributed by atoms with Crippen molar-refractivity contribution in [1.29, 1.82) is 0 Å². The first kappa shape index (κ1) is 20.3. The van der Waals surface area contributed by atoms with Crippen molar-refractivity contribution in [3.63, 3.8) is 0 Å². The van der Waals surface area contributed by atoms with E-state index in [1.54, 1.807) is 24.3 Å². The van der Waals surface area contributed by atoms with Crippen LogP contribution in [-0.4, -0.2) is 11.9 Å². The molecule has 0 saturated heterocycles. The quantitative estimate of drug-likeness (QED) is 0.519. The summed E-state index contributed by atoms with van der Waals surface area (Å²) in [5, 5.41) is 7.30. The molecule has 0 spiro atoms. The molecule has 0 aliphatic heterocycles. The smallest absolute Gasteiger partial charge is 0.312 e. The Bertz CT molecular complexity index is 944. The number of benzene rings is 2. The first-order chi connectivity index (χ1) is 14.0. The molecule has 2 aromatic carbocycles. The zero-order valence-corrected chi connectivity index (χ0v) is 16.2. The molecule has 3 amide bonds. The van der Waals surface area contributed by atoms with Crippen LogP contribution in [0.15, 0.2) is 66.0 Å². The first-order valence-electron chi connectivity index (χ1n) is 8.88. The number of primary amides is 1. The topological polar surface area (TPSA) is 93.5 Å². The van der Waals surface area contributed by atoms with Gasteiger partial charge in [-0.05, 0) is 53.4 Å². The molecule has 0 aliphatic carbocycles. The molecule has 6 nitrogen and oxygen atoms in total. The van der Waals surface area contributed by atoms with Gasteiger partial charge in [0.15, 0.2) is 0 Å². The highest BCUT2D eigenvalue weighted by Crippen LogP contribution is 2.23. The van der Waals surface area contributed by atoms with Gasteiger partial charge in [-0.3, -0.25) is 4.79 Å². The van der Waals surface area contributed by atoms with Crippen molar-refractivity contribution < 1.29 is 18.7 Å². The second-order valence-corrected chi connectivity index (χ2v) is 7.24. The monoisotopic (exact) mass is 413 g/mol. The number of nitrogens with two attached hydrogens (primary N) is 1. The first-order valence-corrected chi connectivity index (χ1v) is 9.76. The molecule has 150 valence electrons. The fourth-order valence-electron chi connectivity index (χ4n) is 2.66. The van der Waals surface area contributed by atoms with Crippen molar-refractivity contribution in [2.24, 2.45) is 5.73 Å². The average Bonchev–Trinajstić information content (AvgIpc) is 3.23. The van der Waals surface area contributed by atoms with Gasteiger partial charge >= 0.3 is 6.03 Å². The van der Waals surface area contributed by atoms with Crippen LogP contribution < -0.4 is 21.1 Å². The van der Waals surface area contributed by atoms with Crippen molar-refractivity contribution in [3.8, 4) is 11.5 Å². The Morgan fingerprint density at radius 1 is 1.03 bits per heavy atom. The van der Waals surface area contributed by atoms with Crippen LogP contribution >= 0.6 is 11.3 Å². The number of hydrogen-bond acceptors (Lipinski definition) is 4. The number of urea groups is 1. The SMILES string of the molecule is NC(=O)NC(CC(=O)NCc1ccc(Oc2ccc(F)cc2)cc1)c1cccs1. The number of amides is 3. The lowest BCUT2D eigenvalue weighted by Crippen LogP contribution is -2.36. The van der Waals surface area contributed by atoms with E-state index in [4.69, 9.17) is 10.5 Å². The van der Waals surface area contributed by atoms with Crippen molar-refractivity contribution in [3.05, 3.63) is 82.3 Å². The van der Waals surface area contributed by atoms with E-state index in [2.05, 4.69) is 10.6 Å². The van der Waals surface area contributed by atoms with Crippen molar-refractivity contribution >= 4 is 23.3 Å². The Hall–Kier alpha value is -3.39. The van der Waals surface area contributed by atoms with Gasteiger partial charge in [0.1, 0.15) is 17.3 Å². The summed E-state index contributed by atoms with van der Waals surface area (Å²) in [6.07, 6.45) is 0.0925. The lowest BCUT2D eigenvalue weighted by atomic mass is 10.1. The second-order valence-electron chi connectivity index (χ2n) is 6.26. The van der Waals surface area contributed by atoms with Gasteiger partial charge in [0.25, 0.3) is 0 Å². The van der Waals surface area contributed by atoms with E-state index in [-0.39, 0.29) is 18.1 Å². The summed E-state index contributed by atoms with van der Waals surface area (Å²) in [6.45, 7) is 0.337. The number of carbonyl (C=O) groups excluding carboxylic acids is 2. The molecule has 0 aliphatic rings. The summed E-state index contributed by atoms with van der Waals surface area (Å²) in [5.41, 5.74) is 6.10. The van der Waals surface area contributed by atoms with Gasteiger partial charge in [0.2, 0.25) is 5.91 Å². The molecule has 1 aromatic heterocycles. The third-order valence-electron chi connectivity index (χ3n) is 4.06. The maximum absolute atomic E-state index is 12.9. The van der Waals surface area contributed by atoms with Gasteiger partial charge < -0.3 is 21.1 Å². The predicted octanol–water partition coefficient (Wildman–Crippen LogP) is 4.10. The summed E-state index contributed by atoms with van der Waals surface area (Å²) >= 11 is 1.45. The van der Waals surface area contributed by atoms with Gasteiger partial charge in [0, 0.05) is 11.4 Å². The van der Waals surface area contributed by atoms with Crippen LogP contribution in [0.1, 0.15) is 22.9 Å². The van der Waals surface area contributed by atoms with Crippen molar-refractivity contribution in [2.75, 3.05) is 0 Å². The molecule has 1 unspecified atom stereocenters. The second kappa shape index (κ2) is 9.70. The number of nitrogens with one attached hydrogen (secondary N) is 2. The largest absolute Gasteiger partial charge is 0.457 e. The maximum Gasteiger partial charge on any atom is 0.312 e. The fraction of sp³-hybridized carbons (Fsp3) is 0.143. The Kier molecular flexibility index (Phi) is 6.80. The molecule has 3 aromatic rings. The lowest BCUT2D eigenvalue weighted by molar-refractivity contribution is -0.121. The van der Waals surface area contributed by atoms with Crippen molar-refractivity contribution in [2.45, 2.75) is 19.0 Å². The molecular weight excluding hydrogens is 393 g/mol. The summed E-state index contributed by atoms with van der Waals surface area (Å²) in [5.74, 6) is 0.615. The molecule has 0 bridgehead atoms. The van der Waals surface area contributed by atoms with Gasteiger partial charge in [-0.2, -0.15) is 0 Å². The summed E-state index contributed by atoms with van der Waals surface area (Å²) in [4.78, 5) is 24.3. The third kappa shape index (κ3) is 6.32. The minimum atomic E-state index is -0.673. The number of hydrogen-bond donors (Lipinski definition) is 3. The molecule has 8 heteroatoms. The normalized spacial score (nSPS) is 11.5. The van der Waals surface area contributed by atoms with Crippen LogP contribution in [0.4, 0.5) is 9.18 Å². The summed E-state index contributed by atoms with van der Waals surface area (Å²) in [7, 11) is 0. The third-order valence-corrected chi connectivity index (χ3v) is 5.04. The van der Waals surface area contributed by atoms with E-state index in [9.17, 15) is 14.0 Å².